The molecule has 0 aliphatic rings. The van der Waals surface area contributed by atoms with Gasteiger partial charge in [0.05, 0.1) is 11.2 Å². The Morgan fingerprint density at radius 3 is 2.53 bits per heavy atom. The largest absolute Gasteiger partial charge is 0.396 e. The van der Waals surface area contributed by atoms with Crippen molar-refractivity contribution < 1.29 is 0 Å². The fourth-order valence-corrected chi connectivity index (χ4v) is 2.40. The average Bonchev–Trinajstić information content (AvgIpc) is 2.83. The van der Waals surface area contributed by atoms with Crippen molar-refractivity contribution in [2.75, 3.05) is 11.5 Å². The second kappa shape index (κ2) is 3.57. The van der Waals surface area contributed by atoms with Crippen LogP contribution in [0, 0.1) is 0 Å². The highest BCUT2D eigenvalue weighted by Gasteiger charge is 2.21. The lowest BCUT2D eigenvalue weighted by Gasteiger charge is -2.22. The van der Waals surface area contributed by atoms with Crippen molar-refractivity contribution >= 4 is 27.9 Å². The molecule has 2 aromatic heterocycles. The van der Waals surface area contributed by atoms with Crippen molar-refractivity contribution in [1.82, 2.24) is 20.0 Å². The molecule has 0 aliphatic carbocycles. The summed E-state index contributed by atoms with van der Waals surface area (Å²) in [6.45, 7) is 6.42. The minimum absolute atomic E-state index is 0.0399. The molecule has 0 saturated carbocycles. The maximum absolute atomic E-state index is 6.21. The Morgan fingerprint density at radius 2 is 1.84 bits per heavy atom. The molecular weight excluding hydrogens is 240 g/mol. The normalized spacial score (nSPS) is 12.4. The molecule has 19 heavy (non-hydrogen) atoms. The molecule has 0 unspecified atom stereocenters. The van der Waals surface area contributed by atoms with Gasteiger partial charge in [-0.2, -0.15) is 4.52 Å². The molecule has 0 aliphatic heterocycles. The quantitative estimate of drug-likeness (QED) is 0.638. The highest BCUT2D eigenvalue weighted by molar-refractivity contribution is 6.03. The summed E-state index contributed by atoms with van der Waals surface area (Å²) in [4.78, 5) is 0. The van der Waals surface area contributed by atoms with Crippen LogP contribution in [0.15, 0.2) is 18.2 Å². The Labute approximate surface area is 110 Å². The summed E-state index contributed by atoms with van der Waals surface area (Å²) in [6.07, 6.45) is 0. The number of benzene rings is 1. The Bertz CT molecular complexity index is 781. The van der Waals surface area contributed by atoms with Crippen LogP contribution < -0.4 is 11.5 Å². The van der Waals surface area contributed by atoms with Gasteiger partial charge in [-0.3, -0.25) is 0 Å². The Hall–Kier alpha value is -2.37. The number of hydrogen-bond acceptors (Lipinski definition) is 5. The van der Waals surface area contributed by atoms with E-state index in [0.29, 0.717) is 17.0 Å². The van der Waals surface area contributed by atoms with Crippen LogP contribution in [0.3, 0.4) is 0 Å². The summed E-state index contributed by atoms with van der Waals surface area (Å²) in [5.41, 5.74) is 15.7. The van der Waals surface area contributed by atoms with Crippen molar-refractivity contribution in [1.29, 1.82) is 0 Å². The highest BCUT2D eigenvalue weighted by atomic mass is 15.5. The molecule has 3 aromatic rings. The lowest BCUT2D eigenvalue weighted by atomic mass is 9.84. The van der Waals surface area contributed by atoms with E-state index in [2.05, 4.69) is 42.4 Å². The van der Waals surface area contributed by atoms with Crippen LogP contribution in [0.25, 0.3) is 16.6 Å². The third kappa shape index (κ3) is 1.53. The van der Waals surface area contributed by atoms with Gasteiger partial charge in [0.15, 0.2) is 0 Å². The molecule has 6 heteroatoms. The van der Waals surface area contributed by atoms with Gasteiger partial charge in [-0.1, -0.05) is 32.9 Å². The fraction of sp³-hybridized carbons (Fsp3) is 0.308. The van der Waals surface area contributed by atoms with E-state index in [1.165, 1.54) is 0 Å². The standard InChI is InChI=1S/C13H16N6/c1-13(2,3)7-5-4-6-8-9(7)10(14)11(15)12-16-17-18-19(8)12/h4-6H,14-15H2,1-3H3. The minimum atomic E-state index is -0.0399. The second-order valence-electron chi connectivity index (χ2n) is 5.69. The Morgan fingerprint density at radius 1 is 1.11 bits per heavy atom. The number of fused-ring (bicyclic) bond motifs is 3. The molecule has 3 rings (SSSR count). The molecule has 0 amide bonds. The minimum Gasteiger partial charge on any atom is -0.396 e. The number of nitrogens with zero attached hydrogens (tertiary/aromatic N) is 4. The van der Waals surface area contributed by atoms with Crippen LogP contribution in [-0.2, 0) is 5.41 Å². The van der Waals surface area contributed by atoms with Gasteiger partial charge < -0.3 is 11.5 Å². The fourth-order valence-electron chi connectivity index (χ4n) is 2.40. The van der Waals surface area contributed by atoms with Gasteiger partial charge >= 0.3 is 0 Å². The third-order valence-electron chi connectivity index (χ3n) is 3.35. The summed E-state index contributed by atoms with van der Waals surface area (Å²) < 4.78 is 1.64. The van der Waals surface area contributed by atoms with Crippen molar-refractivity contribution in [3.63, 3.8) is 0 Å². The van der Waals surface area contributed by atoms with Gasteiger partial charge in [-0.15, -0.1) is 5.10 Å². The number of anilines is 2. The first-order valence-corrected chi connectivity index (χ1v) is 6.09. The molecule has 4 N–H and O–H groups in total. The molecule has 0 spiro atoms. The molecule has 0 bridgehead atoms. The summed E-state index contributed by atoms with van der Waals surface area (Å²) in [6, 6.07) is 6.00. The van der Waals surface area contributed by atoms with Gasteiger partial charge in [0.2, 0.25) is 5.65 Å². The van der Waals surface area contributed by atoms with Gasteiger partial charge in [0.1, 0.15) is 5.69 Å². The Balaban J connectivity index is 2.60. The van der Waals surface area contributed by atoms with Crippen LogP contribution in [0.2, 0.25) is 0 Å². The summed E-state index contributed by atoms with van der Waals surface area (Å²) in [5, 5.41) is 12.5. The number of tetrazole rings is 1. The Kier molecular flexibility index (Phi) is 2.20. The zero-order valence-electron chi connectivity index (χ0n) is 11.2. The number of nitrogen functional groups attached to an aromatic ring is 2. The maximum Gasteiger partial charge on any atom is 0.204 e. The monoisotopic (exact) mass is 256 g/mol. The molecule has 0 atom stereocenters. The van der Waals surface area contributed by atoms with Crippen LogP contribution >= 0.6 is 0 Å². The first kappa shape index (κ1) is 11.7. The second-order valence-corrected chi connectivity index (χ2v) is 5.69. The van der Waals surface area contributed by atoms with Crippen molar-refractivity contribution in [3.8, 4) is 0 Å². The van der Waals surface area contributed by atoms with Crippen molar-refractivity contribution in [3.05, 3.63) is 23.8 Å². The van der Waals surface area contributed by atoms with E-state index in [-0.39, 0.29) is 5.41 Å². The van der Waals surface area contributed by atoms with E-state index in [4.69, 9.17) is 11.5 Å². The number of nitrogens with two attached hydrogens (primary N) is 2. The van der Waals surface area contributed by atoms with Crippen LogP contribution in [-0.4, -0.2) is 20.0 Å². The van der Waals surface area contributed by atoms with E-state index in [1.807, 2.05) is 12.1 Å². The number of aromatic nitrogens is 4. The molecule has 0 saturated heterocycles. The van der Waals surface area contributed by atoms with E-state index >= 15 is 0 Å². The first-order valence-electron chi connectivity index (χ1n) is 6.09. The van der Waals surface area contributed by atoms with Crippen LogP contribution in [0.1, 0.15) is 26.3 Å². The topological polar surface area (TPSA) is 95.1 Å². The molecule has 98 valence electrons. The maximum atomic E-state index is 6.21. The van der Waals surface area contributed by atoms with Crippen molar-refractivity contribution in [2.45, 2.75) is 26.2 Å². The zero-order chi connectivity index (χ0) is 13.8. The lowest BCUT2D eigenvalue weighted by molar-refractivity contribution is 0.596. The van der Waals surface area contributed by atoms with Crippen molar-refractivity contribution in [2.24, 2.45) is 0 Å². The highest BCUT2D eigenvalue weighted by Crippen LogP contribution is 2.36. The van der Waals surface area contributed by atoms with E-state index in [0.717, 1.165) is 16.5 Å². The molecule has 2 heterocycles. The van der Waals surface area contributed by atoms with Gasteiger partial charge in [0, 0.05) is 5.39 Å². The van der Waals surface area contributed by atoms with Gasteiger partial charge in [0.25, 0.3) is 0 Å². The van der Waals surface area contributed by atoms with E-state index in [9.17, 15) is 0 Å². The summed E-state index contributed by atoms with van der Waals surface area (Å²) in [7, 11) is 0. The SMILES string of the molecule is CC(C)(C)c1cccc2c1c(N)c(N)c1nnnn12. The first-order chi connectivity index (χ1) is 8.91. The zero-order valence-corrected chi connectivity index (χ0v) is 11.2. The number of pyridine rings is 1. The average molecular weight is 256 g/mol. The lowest BCUT2D eigenvalue weighted by Crippen LogP contribution is -2.14. The number of hydrogen-bond donors (Lipinski definition) is 2. The predicted octanol–water partition coefficient (Wildman–Crippen LogP) is 1.74. The van der Waals surface area contributed by atoms with Gasteiger partial charge in [-0.25, -0.2) is 0 Å². The molecular formula is C13H16N6. The molecule has 0 fully saturated rings. The van der Waals surface area contributed by atoms with Crippen LogP contribution in [0.4, 0.5) is 11.4 Å². The summed E-state index contributed by atoms with van der Waals surface area (Å²) in [5.74, 6) is 0. The van der Waals surface area contributed by atoms with Crippen LogP contribution in [0.5, 0.6) is 0 Å². The number of rotatable bonds is 0. The van der Waals surface area contributed by atoms with Gasteiger partial charge in [-0.05, 0) is 27.5 Å². The molecule has 1 aromatic carbocycles. The third-order valence-corrected chi connectivity index (χ3v) is 3.35. The summed E-state index contributed by atoms with van der Waals surface area (Å²) >= 11 is 0. The molecule has 0 radical (unpaired) electrons. The van der Waals surface area contributed by atoms with E-state index < -0.39 is 0 Å². The van der Waals surface area contributed by atoms with E-state index in [1.54, 1.807) is 4.52 Å². The molecule has 6 nitrogen and oxygen atoms in total. The predicted molar refractivity (Wildman–Crippen MR) is 75.8 cm³/mol. The smallest absolute Gasteiger partial charge is 0.204 e.